The molecule has 19 heavy (non-hydrogen) atoms. The summed E-state index contributed by atoms with van der Waals surface area (Å²) in [5, 5.41) is 7.73. The van der Waals surface area contributed by atoms with E-state index in [4.69, 9.17) is 11.6 Å². The van der Waals surface area contributed by atoms with Gasteiger partial charge in [0.05, 0.1) is 17.0 Å². The molecule has 0 aliphatic heterocycles. The van der Waals surface area contributed by atoms with Crippen LogP contribution in [0.25, 0.3) is 10.9 Å². The third kappa shape index (κ3) is 3.19. The number of unbranched alkanes of at least 4 members (excludes halogenated alkanes) is 1. The van der Waals surface area contributed by atoms with Crippen molar-refractivity contribution in [2.75, 3.05) is 10.5 Å². The summed E-state index contributed by atoms with van der Waals surface area (Å²) in [5.74, 6) is 0.125. The Balaban J connectivity index is 2.34. The van der Waals surface area contributed by atoms with Crippen LogP contribution in [0.5, 0.6) is 0 Å². The molecule has 1 aromatic heterocycles. The van der Waals surface area contributed by atoms with Crippen LogP contribution in [0.1, 0.15) is 25.3 Å². The molecule has 104 valence electrons. The first-order chi connectivity index (χ1) is 8.93. The number of nitrogens with zero attached hydrogens (tertiary/aromatic N) is 1. The van der Waals surface area contributed by atoms with Gasteiger partial charge < -0.3 is 0 Å². The van der Waals surface area contributed by atoms with E-state index in [1.165, 1.54) is 0 Å². The number of fused-ring (bicyclic) bond motifs is 1. The number of halogens is 1. The third-order valence-electron chi connectivity index (χ3n) is 2.89. The van der Waals surface area contributed by atoms with Crippen molar-refractivity contribution in [3.63, 3.8) is 0 Å². The molecular formula is C12H16ClN3O2S. The van der Waals surface area contributed by atoms with Crippen molar-refractivity contribution < 1.29 is 8.42 Å². The van der Waals surface area contributed by atoms with E-state index in [1.807, 2.05) is 19.9 Å². The number of H-pyrrole nitrogens is 1. The fourth-order valence-electron chi connectivity index (χ4n) is 1.80. The molecule has 0 radical (unpaired) electrons. The predicted molar refractivity (Wildman–Crippen MR) is 78.2 cm³/mol. The molecule has 0 bridgehead atoms. The van der Waals surface area contributed by atoms with Gasteiger partial charge in [-0.2, -0.15) is 5.10 Å². The Morgan fingerprint density at radius 1 is 1.42 bits per heavy atom. The summed E-state index contributed by atoms with van der Waals surface area (Å²) in [4.78, 5) is 0. The van der Waals surface area contributed by atoms with E-state index in [-0.39, 0.29) is 5.75 Å². The van der Waals surface area contributed by atoms with Crippen molar-refractivity contribution in [1.82, 2.24) is 10.2 Å². The minimum Gasteiger partial charge on any atom is -0.283 e. The van der Waals surface area contributed by atoms with E-state index in [2.05, 4.69) is 14.9 Å². The minimum atomic E-state index is -3.31. The molecular weight excluding hydrogens is 286 g/mol. The van der Waals surface area contributed by atoms with E-state index in [1.54, 1.807) is 6.07 Å². The summed E-state index contributed by atoms with van der Waals surface area (Å²) in [7, 11) is -3.31. The Morgan fingerprint density at radius 3 is 2.84 bits per heavy atom. The molecule has 0 unspecified atom stereocenters. The molecule has 5 nitrogen and oxygen atoms in total. The van der Waals surface area contributed by atoms with Gasteiger partial charge in [0.2, 0.25) is 10.0 Å². The van der Waals surface area contributed by atoms with Gasteiger partial charge in [-0.05, 0) is 31.0 Å². The molecule has 0 fully saturated rings. The summed E-state index contributed by atoms with van der Waals surface area (Å²) >= 11 is 5.93. The molecule has 2 aromatic rings. The molecule has 0 saturated heterocycles. The Bertz CT molecular complexity index is 694. The zero-order chi connectivity index (χ0) is 14.0. The number of aryl methyl sites for hydroxylation is 1. The van der Waals surface area contributed by atoms with Crippen molar-refractivity contribution in [2.45, 2.75) is 26.7 Å². The largest absolute Gasteiger partial charge is 0.283 e. The average Bonchev–Trinajstić information content (AvgIpc) is 2.68. The van der Waals surface area contributed by atoms with Gasteiger partial charge in [-0.3, -0.25) is 9.82 Å². The lowest BCUT2D eigenvalue weighted by Gasteiger charge is -2.10. The number of nitrogens with one attached hydrogen (secondary N) is 2. The fraction of sp³-hybridized carbons (Fsp3) is 0.417. The van der Waals surface area contributed by atoms with Gasteiger partial charge in [-0.15, -0.1) is 0 Å². The minimum absolute atomic E-state index is 0.125. The third-order valence-corrected chi connectivity index (χ3v) is 4.54. The van der Waals surface area contributed by atoms with Crippen LogP contribution in [-0.4, -0.2) is 24.4 Å². The lowest BCUT2D eigenvalue weighted by molar-refractivity contribution is 0.598. The normalized spacial score (nSPS) is 11.9. The van der Waals surface area contributed by atoms with Crippen molar-refractivity contribution in [1.29, 1.82) is 0 Å². The lowest BCUT2D eigenvalue weighted by atomic mass is 10.1. The molecule has 0 aliphatic rings. The average molecular weight is 302 g/mol. The summed E-state index contributed by atoms with van der Waals surface area (Å²) in [6, 6.07) is 3.53. The molecule has 1 heterocycles. The van der Waals surface area contributed by atoms with Crippen LogP contribution in [0.3, 0.4) is 0 Å². The quantitative estimate of drug-likeness (QED) is 0.891. The second kappa shape index (κ2) is 5.38. The van der Waals surface area contributed by atoms with Crippen LogP contribution < -0.4 is 4.72 Å². The number of aromatic nitrogens is 2. The maximum atomic E-state index is 11.9. The number of sulfonamides is 1. The zero-order valence-electron chi connectivity index (χ0n) is 10.8. The van der Waals surface area contributed by atoms with Gasteiger partial charge in [0.1, 0.15) is 0 Å². The summed E-state index contributed by atoms with van der Waals surface area (Å²) in [5.41, 5.74) is 2.17. The highest BCUT2D eigenvalue weighted by atomic mass is 35.5. The standard InChI is InChI=1S/C12H16ClN3O2S/c1-3-4-5-19(17,18)16-10-7-9-11(6-8(10)2)14-15-12(9)13/h6-7,16H,3-5H2,1-2H3,(H,14,15). The second-order valence-corrected chi connectivity index (χ2v) is 6.70. The zero-order valence-corrected chi connectivity index (χ0v) is 12.4. The molecule has 0 spiro atoms. The van der Waals surface area contributed by atoms with Crippen LogP contribution in [0.15, 0.2) is 12.1 Å². The van der Waals surface area contributed by atoms with Crippen LogP contribution >= 0.6 is 11.6 Å². The lowest BCUT2D eigenvalue weighted by Crippen LogP contribution is -2.17. The van der Waals surface area contributed by atoms with Crippen molar-refractivity contribution in [2.24, 2.45) is 0 Å². The van der Waals surface area contributed by atoms with Crippen molar-refractivity contribution >= 4 is 38.2 Å². The van der Waals surface area contributed by atoms with E-state index < -0.39 is 10.0 Å². The first-order valence-electron chi connectivity index (χ1n) is 6.07. The van der Waals surface area contributed by atoms with E-state index in [9.17, 15) is 8.42 Å². The molecule has 2 N–H and O–H groups in total. The highest BCUT2D eigenvalue weighted by Crippen LogP contribution is 2.27. The van der Waals surface area contributed by atoms with E-state index in [0.29, 0.717) is 22.6 Å². The van der Waals surface area contributed by atoms with Gasteiger partial charge in [0, 0.05) is 5.39 Å². The number of anilines is 1. The molecule has 0 amide bonds. The molecule has 0 aliphatic carbocycles. The monoisotopic (exact) mass is 301 g/mol. The summed E-state index contributed by atoms with van der Waals surface area (Å²) < 4.78 is 26.4. The second-order valence-electron chi connectivity index (χ2n) is 4.50. The van der Waals surface area contributed by atoms with Crippen molar-refractivity contribution in [3.8, 4) is 0 Å². The van der Waals surface area contributed by atoms with Gasteiger partial charge >= 0.3 is 0 Å². The maximum absolute atomic E-state index is 11.9. The van der Waals surface area contributed by atoms with Crippen LogP contribution in [0, 0.1) is 6.92 Å². The highest BCUT2D eigenvalue weighted by Gasteiger charge is 2.13. The smallest absolute Gasteiger partial charge is 0.232 e. The van der Waals surface area contributed by atoms with Crippen LogP contribution in [0.4, 0.5) is 5.69 Å². The maximum Gasteiger partial charge on any atom is 0.232 e. The predicted octanol–water partition coefficient (Wildman–Crippen LogP) is 3.07. The van der Waals surface area contributed by atoms with Gasteiger partial charge in [-0.25, -0.2) is 8.42 Å². The van der Waals surface area contributed by atoms with Crippen LogP contribution in [-0.2, 0) is 10.0 Å². The van der Waals surface area contributed by atoms with Gasteiger partial charge in [0.15, 0.2) is 5.15 Å². The Kier molecular flexibility index (Phi) is 4.01. The molecule has 0 saturated carbocycles. The molecule has 0 atom stereocenters. The number of rotatable bonds is 5. The van der Waals surface area contributed by atoms with E-state index in [0.717, 1.165) is 17.5 Å². The number of hydrogen-bond donors (Lipinski definition) is 2. The summed E-state index contributed by atoms with van der Waals surface area (Å²) in [6.07, 6.45) is 1.48. The Hall–Kier alpha value is -1.27. The van der Waals surface area contributed by atoms with Gasteiger partial charge in [-0.1, -0.05) is 24.9 Å². The van der Waals surface area contributed by atoms with E-state index >= 15 is 0 Å². The first kappa shape index (κ1) is 14.1. The van der Waals surface area contributed by atoms with Gasteiger partial charge in [0.25, 0.3) is 0 Å². The molecule has 2 rings (SSSR count). The Labute approximate surface area is 117 Å². The van der Waals surface area contributed by atoms with Crippen molar-refractivity contribution in [3.05, 3.63) is 22.8 Å². The fourth-order valence-corrected chi connectivity index (χ4v) is 3.33. The number of benzene rings is 1. The molecule has 1 aromatic carbocycles. The summed E-state index contributed by atoms with van der Waals surface area (Å²) in [6.45, 7) is 3.80. The highest BCUT2D eigenvalue weighted by molar-refractivity contribution is 7.92. The molecule has 7 heteroatoms. The SMILES string of the molecule is CCCCS(=O)(=O)Nc1cc2c(Cl)n[nH]c2cc1C. The topological polar surface area (TPSA) is 74.8 Å². The number of hydrogen-bond acceptors (Lipinski definition) is 3. The van der Waals surface area contributed by atoms with Crippen LogP contribution in [0.2, 0.25) is 5.15 Å². The Morgan fingerprint density at radius 2 is 2.16 bits per heavy atom. The first-order valence-corrected chi connectivity index (χ1v) is 8.10. The number of aromatic amines is 1.